The number of methoxy groups -OCH3 is 2. The van der Waals surface area contributed by atoms with Gasteiger partial charge in [0.2, 0.25) is 0 Å². The van der Waals surface area contributed by atoms with Gasteiger partial charge in [-0.2, -0.15) is 0 Å². The molecule has 0 radical (unpaired) electrons. The standard InChI is InChI=1S/C29H30N2O5/c1-6-24(20-10-8-7-9-11-20)36-29(32)31-22-12-13-25(19(3)18(22)2)35-26-14-15-30-23-17-28(34-5)27(33-4)16-21(23)26/h7-17,24H,6H2,1-5H3,(H,31,32). The van der Waals surface area contributed by atoms with E-state index in [1.165, 1.54) is 0 Å². The number of nitrogens with one attached hydrogen (secondary N) is 1. The predicted octanol–water partition coefficient (Wildman–Crippen LogP) is 7.36. The SMILES string of the molecule is CCC(OC(=O)Nc1ccc(Oc2ccnc3cc(OC)c(OC)cc23)c(C)c1C)c1ccccc1. The maximum absolute atomic E-state index is 12.7. The number of aromatic nitrogens is 1. The first kappa shape index (κ1) is 24.9. The molecule has 3 aromatic carbocycles. The highest BCUT2D eigenvalue weighted by molar-refractivity contribution is 5.89. The smallest absolute Gasteiger partial charge is 0.412 e. The molecule has 7 heteroatoms. The highest BCUT2D eigenvalue weighted by Gasteiger charge is 2.17. The van der Waals surface area contributed by atoms with Crippen LogP contribution in [-0.2, 0) is 4.74 Å². The first-order chi connectivity index (χ1) is 17.4. The Morgan fingerprint density at radius 3 is 2.31 bits per heavy atom. The Labute approximate surface area is 211 Å². The van der Waals surface area contributed by atoms with Gasteiger partial charge < -0.3 is 18.9 Å². The summed E-state index contributed by atoms with van der Waals surface area (Å²) in [6, 6.07) is 18.8. The number of carbonyl (C=O) groups excluding carboxylic acids is 1. The summed E-state index contributed by atoms with van der Waals surface area (Å²) < 4.78 is 22.8. The van der Waals surface area contributed by atoms with Crippen LogP contribution in [0.25, 0.3) is 10.9 Å². The summed E-state index contributed by atoms with van der Waals surface area (Å²) in [6.07, 6.45) is 1.56. The number of carbonyl (C=O) groups is 1. The van der Waals surface area contributed by atoms with Crippen LogP contribution in [0.4, 0.5) is 10.5 Å². The van der Waals surface area contributed by atoms with Crippen molar-refractivity contribution in [3.05, 3.63) is 83.6 Å². The third-order valence-electron chi connectivity index (χ3n) is 6.19. The Morgan fingerprint density at radius 1 is 0.889 bits per heavy atom. The van der Waals surface area contributed by atoms with Crippen molar-refractivity contribution in [3.63, 3.8) is 0 Å². The van der Waals surface area contributed by atoms with Crippen molar-refractivity contribution in [2.45, 2.75) is 33.3 Å². The molecule has 1 N–H and O–H groups in total. The third-order valence-corrected chi connectivity index (χ3v) is 6.19. The fourth-order valence-corrected chi connectivity index (χ4v) is 4.02. The second kappa shape index (κ2) is 11.0. The predicted molar refractivity (Wildman–Crippen MR) is 140 cm³/mol. The summed E-state index contributed by atoms with van der Waals surface area (Å²) in [6.45, 7) is 5.87. The lowest BCUT2D eigenvalue weighted by molar-refractivity contribution is 0.108. The van der Waals surface area contributed by atoms with E-state index in [2.05, 4.69) is 10.3 Å². The van der Waals surface area contributed by atoms with E-state index in [0.717, 1.165) is 27.6 Å². The van der Waals surface area contributed by atoms with Crippen molar-refractivity contribution < 1.29 is 23.7 Å². The van der Waals surface area contributed by atoms with Crippen molar-refractivity contribution >= 4 is 22.7 Å². The largest absolute Gasteiger partial charge is 0.493 e. The highest BCUT2D eigenvalue weighted by Crippen LogP contribution is 2.38. The molecule has 0 saturated carbocycles. The lowest BCUT2D eigenvalue weighted by atomic mass is 10.1. The van der Waals surface area contributed by atoms with E-state index >= 15 is 0 Å². The number of hydrogen-bond acceptors (Lipinski definition) is 6. The Balaban J connectivity index is 1.55. The van der Waals surface area contributed by atoms with E-state index in [0.29, 0.717) is 35.1 Å². The number of amides is 1. The van der Waals surface area contributed by atoms with Gasteiger partial charge in [0.05, 0.1) is 19.7 Å². The van der Waals surface area contributed by atoms with Crippen molar-refractivity contribution in [3.8, 4) is 23.0 Å². The van der Waals surface area contributed by atoms with E-state index in [1.54, 1.807) is 26.5 Å². The van der Waals surface area contributed by atoms with Crippen LogP contribution in [0.2, 0.25) is 0 Å². The normalized spacial score (nSPS) is 11.6. The first-order valence-electron chi connectivity index (χ1n) is 11.8. The van der Waals surface area contributed by atoms with E-state index < -0.39 is 6.09 Å². The van der Waals surface area contributed by atoms with E-state index in [4.69, 9.17) is 18.9 Å². The number of benzene rings is 3. The minimum absolute atomic E-state index is 0.314. The van der Waals surface area contributed by atoms with E-state index in [9.17, 15) is 4.79 Å². The second-order valence-corrected chi connectivity index (χ2v) is 8.33. The van der Waals surface area contributed by atoms with Gasteiger partial charge in [0.1, 0.15) is 17.6 Å². The molecular weight excluding hydrogens is 456 g/mol. The highest BCUT2D eigenvalue weighted by atomic mass is 16.6. The van der Waals surface area contributed by atoms with Gasteiger partial charge in [-0.25, -0.2) is 4.79 Å². The summed E-state index contributed by atoms with van der Waals surface area (Å²) in [5.41, 5.74) is 4.14. The summed E-state index contributed by atoms with van der Waals surface area (Å²) in [5.74, 6) is 2.50. The number of fused-ring (bicyclic) bond motifs is 1. The number of hydrogen-bond donors (Lipinski definition) is 1. The lowest BCUT2D eigenvalue weighted by Gasteiger charge is -2.19. The number of anilines is 1. The van der Waals surface area contributed by atoms with Gasteiger partial charge in [-0.3, -0.25) is 10.3 Å². The molecule has 186 valence electrons. The molecule has 36 heavy (non-hydrogen) atoms. The van der Waals surface area contributed by atoms with Gasteiger partial charge in [-0.05, 0) is 61.2 Å². The van der Waals surface area contributed by atoms with Crippen molar-refractivity contribution in [1.29, 1.82) is 0 Å². The van der Waals surface area contributed by atoms with E-state index in [-0.39, 0.29) is 6.10 Å². The topological polar surface area (TPSA) is 78.9 Å². The molecule has 7 nitrogen and oxygen atoms in total. The van der Waals surface area contributed by atoms with Crippen LogP contribution in [0, 0.1) is 13.8 Å². The zero-order valence-electron chi connectivity index (χ0n) is 21.1. The molecule has 1 aromatic heterocycles. The second-order valence-electron chi connectivity index (χ2n) is 8.33. The number of pyridine rings is 1. The van der Waals surface area contributed by atoms with Gasteiger partial charge in [0, 0.05) is 23.3 Å². The summed E-state index contributed by atoms with van der Waals surface area (Å²) in [7, 11) is 3.18. The first-order valence-corrected chi connectivity index (χ1v) is 11.8. The monoisotopic (exact) mass is 486 g/mol. The Morgan fingerprint density at radius 2 is 1.61 bits per heavy atom. The zero-order valence-corrected chi connectivity index (χ0v) is 21.1. The average Bonchev–Trinajstić information content (AvgIpc) is 2.91. The van der Waals surface area contributed by atoms with Gasteiger partial charge in [0.15, 0.2) is 11.5 Å². The van der Waals surface area contributed by atoms with E-state index in [1.807, 2.05) is 75.4 Å². The molecule has 0 aliphatic heterocycles. The summed E-state index contributed by atoms with van der Waals surface area (Å²) in [5, 5.41) is 3.67. The Kier molecular flexibility index (Phi) is 7.59. The number of rotatable bonds is 8. The molecule has 1 heterocycles. The molecule has 1 atom stereocenters. The summed E-state index contributed by atoms with van der Waals surface area (Å²) >= 11 is 0. The molecule has 0 spiro atoms. The Bertz CT molecular complexity index is 1370. The van der Waals surface area contributed by atoms with Gasteiger partial charge in [-0.15, -0.1) is 0 Å². The molecule has 4 rings (SSSR count). The third kappa shape index (κ3) is 5.20. The van der Waals surface area contributed by atoms with Crippen molar-refractivity contribution in [2.24, 2.45) is 0 Å². The van der Waals surface area contributed by atoms with Gasteiger partial charge >= 0.3 is 6.09 Å². The van der Waals surface area contributed by atoms with Crippen LogP contribution >= 0.6 is 0 Å². The number of ether oxygens (including phenoxy) is 4. The molecule has 1 unspecified atom stereocenters. The minimum Gasteiger partial charge on any atom is -0.493 e. The van der Waals surface area contributed by atoms with Crippen LogP contribution in [0.15, 0.2) is 66.9 Å². The maximum atomic E-state index is 12.7. The Hall–Kier alpha value is -4.26. The minimum atomic E-state index is -0.497. The van der Waals surface area contributed by atoms with Crippen LogP contribution in [-0.4, -0.2) is 25.3 Å². The van der Waals surface area contributed by atoms with Crippen molar-refractivity contribution in [1.82, 2.24) is 4.98 Å². The van der Waals surface area contributed by atoms with Crippen molar-refractivity contribution in [2.75, 3.05) is 19.5 Å². The number of nitrogens with zero attached hydrogens (tertiary/aromatic N) is 1. The zero-order chi connectivity index (χ0) is 25.7. The maximum Gasteiger partial charge on any atom is 0.412 e. The van der Waals surface area contributed by atoms with Crippen LogP contribution in [0.3, 0.4) is 0 Å². The molecule has 0 aliphatic rings. The fraction of sp³-hybridized carbons (Fsp3) is 0.241. The molecule has 1 amide bonds. The molecule has 0 bridgehead atoms. The van der Waals surface area contributed by atoms with Gasteiger partial charge in [0.25, 0.3) is 0 Å². The quantitative estimate of drug-likeness (QED) is 0.280. The molecule has 0 saturated heterocycles. The molecule has 0 fully saturated rings. The molecule has 0 aliphatic carbocycles. The van der Waals surface area contributed by atoms with Crippen LogP contribution < -0.4 is 19.5 Å². The average molecular weight is 487 g/mol. The molecule has 4 aromatic rings. The van der Waals surface area contributed by atoms with Crippen LogP contribution in [0.1, 0.15) is 36.1 Å². The lowest BCUT2D eigenvalue weighted by Crippen LogP contribution is -2.18. The molecular formula is C29H30N2O5. The fourth-order valence-electron chi connectivity index (χ4n) is 4.02. The summed E-state index contributed by atoms with van der Waals surface area (Å²) in [4.78, 5) is 17.1. The van der Waals surface area contributed by atoms with Gasteiger partial charge in [-0.1, -0.05) is 37.3 Å². The van der Waals surface area contributed by atoms with Crippen LogP contribution in [0.5, 0.6) is 23.0 Å².